The van der Waals surface area contributed by atoms with Crippen LogP contribution in [0.1, 0.15) is 38.2 Å². The Morgan fingerprint density at radius 2 is 2.06 bits per heavy atom. The van der Waals surface area contributed by atoms with Gasteiger partial charge in [-0.3, -0.25) is 0 Å². The second-order valence-electron chi connectivity index (χ2n) is 4.37. The van der Waals surface area contributed by atoms with Crippen molar-refractivity contribution in [2.75, 3.05) is 0 Å². The number of halogens is 2. The van der Waals surface area contributed by atoms with Crippen LogP contribution in [0.2, 0.25) is 0 Å². The van der Waals surface area contributed by atoms with Crippen molar-refractivity contribution in [3.05, 3.63) is 35.4 Å². The van der Waals surface area contributed by atoms with Gasteiger partial charge in [0.05, 0.1) is 0 Å². The van der Waals surface area contributed by atoms with Crippen molar-refractivity contribution >= 4 is 5.97 Å². The van der Waals surface area contributed by atoms with E-state index in [1.807, 2.05) is 0 Å². The molecule has 100 valence electrons. The molecule has 0 saturated heterocycles. The number of carboxylic acid groups (broad SMARTS) is 1. The molecule has 0 saturated carbocycles. The summed E-state index contributed by atoms with van der Waals surface area (Å²) in [6.45, 7) is 3.09. The Hall–Kier alpha value is -1.49. The topological polar surface area (TPSA) is 57.5 Å². The lowest BCUT2D eigenvalue weighted by Gasteiger charge is -2.30. The number of aliphatic hydroxyl groups is 1. The molecular weight excluding hydrogens is 242 g/mol. The van der Waals surface area contributed by atoms with Crippen molar-refractivity contribution in [1.29, 1.82) is 0 Å². The van der Waals surface area contributed by atoms with Crippen molar-refractivity contribution < 1.29 is 23.8 Å². The van der Waals surface area contributed by atoms with Crippen LogP contribution >= 0.6 is 0 Å². The average molecular weight is 258 g/mol. The van der Waals surface area contributed by atoms with E-state index in [0.717, 1.165) is 18.2 Å². The standard InChI is InChI=1S/C13H16F2O3/c1-3-6-13(18,12(16)17)8(2)10-7-9(14)4-5-11(10)15/h4-5,7-8,18H,3,6H2,1-2H3,(H,16,17). The van der Waals surface area contributed by atoms with Gasteiger partial charge in [-0.2, -0.15) is 0 Å². The Bertz CT molecular complexity index is 448. The normalized spacial score (nSPS) is 16.1. The van der Waals surface area contributed by atoms with Crippen molar-refractivity contribution in [2.24, 2.45) is 0 Å². The van der Waals surface area contributed by atoms with Crippen LogP contribution in [-0.4, -0.2) is 21.8 Å². The van der Waals surface area contributed by atoms with E-state index in [-0.39, 0.29) is 12.0 Å². The molecule has 1 aromatic carbocycles. The zero-order valence-electron chi connectivity index (χ0n) is 10.3. The molecule has 18 heavy (non-hydrogen) atoms. The molecule has 0 aliphatic carbocycles. The van der Waals surface area contributed by atoms with Crippen LogP contribution in [0.4, 0.5) is 8.78 Å². The lowest BCUT2D eigenvalue weighted by atomic mass is 9.80. The van der Waals surface area contributed by atoms with Gasteiger partial charge in [0.2, 0.25) is 0 Å². The number of rotatable bonds is 5. The first-order chi connectivity index (χ1) is 8.32. The molecule has 0 aromatic heterocycles. The highest BCUT2D eigenvalue weighted by Crippen LogP contribution is 2.34. The Morgan fingerprint density at radius 1 is 1.44 bits per heavy atom. The third-order valence-corrected chi connectivity index (χ3v) is 3.14. The summed E-state index contributed by atoms with van der Waals surface area (Å²) < 4.78 is 26.7. The molecule has 0 amide bonds. The Kier molecular flexibility index (Phi) is 4.40. The second kappa shape index (κ2) is 5.44. The number of carboxylic acids is 1. The van der Waals surface area contributed by atoms with E-state index in [2.05, 4.69) is 0 Å². The lowest BCUT2D eigenvalue weighted by molar-refractivity contribution is -0.161. The fourth-order valence-corrected chi connectivity index (χ4v) is 1.99. The van der Waals surface area contributed by atoms with Crippen molar-refractivity contribution in [1.82, 2.24) is 0 Å². The van der Waals surface area contributed by atoms with E-state index in [4.69, 9.17) is 5.11 Å². The molecule has 0 bridgehead atoms. The van der Waals surface area contributed by atoms with Gasteiger partial charge in [-0.15, -0.1) is 0 Å². The number of hydrogen-bond donors (Lipinski definition) is 2. The zero-order valence-corrected chi connectivity index (χ0v) is 10.3. The Morgan fingerprint density at radius 3 is 2.56 bits per heavy atom. The van der Waals surface area contributed by atoms with Gasteiger partial charge < -0.3 is 10.2 Å². The largest absolute Gasteiger partial charge is 0.479 e. The van der Waals surface area contributed by atoms with Crippen LogP contribution in [-0.2, 0) is 4.79 Å². The molecule has 0 spiro atoms. The smallest absolute Gasteiger partial charge is 0.336 e. The van der Waals surface area contributed by atoms with Crippen LogP contribution in [0, 0.1) is 11.6 Å². The summed E-state index contributed by atoms with van der Waals surface area (Å²) in [7, 11) is 0. The minimum Gasteiger partial charge on any atom is -0.479 e. The molecule has 2 atom stereocenters. The molecule has 1 rings (SSSR count). The van der Waals surface area contributed by atoms with E-state index in [0.29, 0.717) is 6.42 Å². The van der Waals surface area contributed by atoms with Gasteiger partial charge in [-0.05, 0) is 30.2 Å². The van der Waals surface area contributed by atoms with E-state index >= 15 is 0 Å². The van der Waals surface area contributed by atoms with Gasteiger partial charge in [0.25, 0.3) is 0 Å². The molecule has 2 unspecified atom stereocenters. The third-order valence-electron chi connectivity index (χ3n) is 3.14. The van der Waals surface area contributed by atoms with Gasteiger partial charge in [0.1, 0.15) is 11.6 Å². The quantitative estimate of drug-likeness (QED) is 0.853. The first-order valence-electron chi connectivity index (χ1n) is 5.73. The maximum Gasteiger partial charge on any atom is 0.336 e. The van der Waals surface area contributed by atoms with Crippen molar-refractivity contribution in [3.8, 4) is 0 Å². The maximum atomic E-state index is 13.6. The van der Waals surface area contributed by atoms with E-state index < -0.39 is 29.1 Å². The highest BCUT2D eigenvalue weighted by atomic mass is 19.1. The number of hydrogen-bond acceptors (Lipinski definition) is 2. The van der Waals surface area contributed by atoms with Crippen LogP contribution in [0.15, 0.2) is 18.2 Å². The predicted octanol–water partition coefficient (Wildman–Crippen LogP) is 2.68. The summed E-state index contributed by atoms with van der Waals surface area (Å²) >= 11 is 0. The van der Waals surface area contributed by atoms with Gasteiger partial charge in [-0.25, -0.2) is 13.6 Å². The molecule has 3 nitrogen and oxygen atoms in total. The number of carbonyl (C=O) groups is 1. The van der Waals surface area contributed by atoms with E-state index in [1.165, 1.54) is 6.92 Å². The summed E-state index contributed by atoms with van der Waals surface area (Å²) in [6.07, 6.45) is 0.392. The number of aliphatic carboxylic acids is 1. The molecule has 0 radical (unpaired) electrons. The summed E-state index contributed by atoms with van der Waals surface area (Å²) in [4.78, 5) is 11.2. The highest BCUT2D eigenvalue weighted by molar-refractivity contribution is 5.78. The second-order valence-corrected chi connectivity index (χ2v) is 4.37. The predicted molar refractivity (Wildman–Crippen MR) is 62.3 cm³/mol. The summed E-state index contributed by atoms with van der Waals surface area (Å²) in [5.41, 5.74) is -2.23. The van der Waals surface area contributed by atoms with E-state index in [1.54, 1.807) is 6.92 Å². The molecule has 0 heterocycles. The van der Waals surface area contributed by atoms with Crippen molar-refractivity contribution in [2.45, 2.75) is 38.2 Å². The highest BCUT2D eigenvalue weighted by Gasteiger charge is 2.42. The van der Waals surface area contributed by atoms with Gasteiger partial charge in [0.15, 0.2) is 5.60 Å². The van der Waals surface area contributed by atoms with E-state index in [9.17, 15) is 18.7 Å². The Balaban J connectivity index is 3.21. The van der Waals surface area contributed by atoms with Crippen molar-refractivity contribution in [3.63, 3.8) is 0 Å². The molecule has 0 fully saturated rings. The monoisotopic (exact) mass is 258 g/mol. The fourth-order valence-electron chi connectivity index (χ4n) is 1.99. The first-order valence-corrected chi connectivity index (χ1v) is 5.73. The van der Waals surface area contributed by atoms with Crippen LogP contribution < -0.4 is 0 Å². The first kappa shape index (κ1) is 14.6. The van der Waals surface area contributed by atoms with Gasteiger partial charge >= 0.3 is 5.97 Å². The third kappa shape index (κ3) is 2.67. The van der Waals surface area contributed by atoms with Gasteiger partial charge in [-0.1, -0.05) is 20.3 Å². The minimum atomic E-state index is -2.09. The SMILES string of the molecule is CCCC(O)(C(=O)O)C(C)c1cc(F)ccc1F. The average Bonchev–Trinajstić information content (AvgIpc) is 2.31. The zero-order chi connectivity index (χ0) is 13.9. The number of benzene rings is 1. The molecule has 2 N–H and O–H groups in total. The summed E-state index contributed by atoms with van der Waals surface area (Å²) in [5.74, 6) is -3.85. The fraction of sp³-hybridized carbons (Fsp3) is 0.462. The molecule has 5 heteroatoms. The molecule has 1 aromatic rings. The lowest BCUT2D eigenvalue weighted by Crippen LogP contribution is -2.43. The Labute approximate surface area is 104 Å². The molecule has 0 aliphatic rings. The van der Waals surface area contributed by atoms with Gasteiger partial charge in [0, 0.05) is 5.92 Å². The maximum absolute atomic E-state index is 13.6. The molecule has 0 aliphatic heterocycles. The van der Waals surface area contributed by atoms with Crippen LogP contribution in [0.25, 0.3) is 0 Å². The summed E-state index contributed by atoms with van der Waals surface area (Å²) in [6, 6.07) is 2.80. The minimum absolute atomic E-state index is 0.0283. The summed E-state index contributed by atoms with van der Waals surface area (Å²) in [5, 5.41) is 19.2. The van der Waals surface area contributed by atoms with Crippen LogP contribution in [0.3, 0.4) is 0 Å². The van der Waals surface area contributed by atoms with Crippen LogP contribution in [0.5, 0.6) is 0 Å². The molecular formula is C13H16F2O3.